The van der Waals surface area contributed by atoms with Gasteiger partial charge in [0.05, 0.1) is 0 Å². The molecule has 0 spiro atoms. The third-order valence-electron chi connectivity index (χ3n) is 7.51. The normalized spacial score (nSPS) is 15.7. The highest BCUT2D eigenvalue weighted by molar-refractivity contribution is 5.97. The summed E-state index contributed by atoms with van der Waals surface area (Å²) in [4.78, 5) is 11.3. The van der Waals surface area contributed by atoms with Crippen LogP contribution in [0.2, 0.25) is 0 Å². The Morgan fingerprint density at radius 3 is 2.56 bits per heavy atom. The molecule has 41 heavy (non-hydrogen) atoms. The number of nitrogen functional groups attached to an aromatic ring is 1. The van der Waals surface area contributed by atoms with Crippen LogP contribution in [0.1, 0.15) is 48.7 Å². The van der Waals surface area contributed by atoms with E-state index in [4.69, 9.17) is 15.5 Å². The standard InChI is InChI=1S/C30H29F3N6O2/c1-3-17-5-4-6-19(26(17)38-14-13-20(16-38)18-7-9-21(31)10-8-18)15-24-35-28-22-11-12-23(40)27(41-30(2,32)33)25(22)36-29(34)39(28)37-24/h4-12,20,40H,3,13-16H2,1-2H3,(H2,34,36). The first-order chi connectivity index (χ1) is 19.6. The van der Waals surface area contributed by atoms with E-state index in [1.807, 2.05) is 18.2 Å². The summed E-state index contributed by atoms with van der Waals surface area (Å²) < 4.78 is 47.0. The van der Waals surface area contributed by atoms with Crippen molar-refractivity contribution in [2.45, 2.75) is 45.1 Å². The van der Waals surface area contributed by atoms with Gasteiger partial charge >= 0.3 is 6.11 Å². The second kappa shape index (κ2) is 10.1. The number of nitrogens with zero attached hydrogens (tertiary/aromatic N) is 5. The molecule has 2 aromatic heterocycles. The van der Waals surface area contributed by atoms with Crippen LogP contribution in [0.25, 0.3) is 16.6 Å². The highest BCUT2D eigenvalue weighted by Gasteiger charge is 2.29. The van der Waals surface area contributed by atoms with Crippen molar-refractivity contribution in [2.24, 2.45) is 0 Å². The van der Waals surface area contributed by atoms with Crippen molar-refractivity contribution in [1.82, 2.24) is 19.6 Å². The van der Waals surface area contributed by atoms with Crippen molar-refractivity contribution >= 4 is 28.2 Å². The van der Waals surface area contributed by atoms with Crippen molar-refractivity contribution in [3.05, 3.63) is 82.9 Å². The second-order valence-corrected chi connectivity index (χ2v) is 10.4. The fraction of sp³-hybridized carbons (Fsp3) is 0.300. The Labute approximate surface area is 234 Å². The van der Waals surface area contributed by atoms with E-state index in [2.05, 4.69) is 34.0 Å². The number of hydrogen-bond acceptors (Lipinski definition) is 7. The number of aromatic hydroxyl groups is 1. The minimum atomic E-state index is -3.54. The molecule has 1 aliphatic heterocycles. The highest BCUT2D eigenvalue weighted by Crippen LogP contribution is 2.39. The summed E-state index contributed by atoms with van der Waals surface area (Å²) in [6.45, 7) is 4.36. The number of hydrogen-bond donors (Lipinski definition) is 2. The molecule has 3 N–H and O–H groups in total. The number of aryl methyl sites for hydroxylation is 1. The molecule has 1 aliphatic rings. The highest BCUT2D eigenvalue weighted by atomic mass is 19.3. The van der Waals surface area contributed by atoms with Crippen LogP contribution in [-0.4, -0.2) is 43.9 Å². The van der Waals surface area contributed by atoms with Crippen LogP contribution in [0.4, 0.5) is 24.8 Å². The number of aromatic nitrogens is 4. The number of benzene rings is 3. The Balaban J connectivity index is 1.37. The molecule has 8 nitrogen and oxygen atoms in total. The SMILES string of the molecule is CCc1cccc(Cc2nc3c4ccc(O)c(OC(C)(F)F)c4nc(N)n3n2)c1N1CCC(c2ccc(F)cc2)C1. The van der Waals surface area contributed by atoms with Crippen molar-refractivity contribution < 1.29 is 23.0 Å². The van der Waals surface area contributed by atoms with Gasteiger partial charge in [0.2, 0.25) is 5.95 Å². The Kier molecular flexibility index (Phi) is 6.59. The maximum atomic E-state index is 13.7. The van der Waals surface area contributed by atoms with Crippen LogP contribution in [0, 0.1) is 5.82 Å². The first kappa shape index (κ1) is 26.7. The van der Waals surface area contributed by atoms with E-state index in [-0.39, 0.29) is 17.3 Å². The summed E-state index contributed by atoms with van der Waals surface area (Å²) in [6, 6.07) is 15.7. The predicted octanol–water partition coefficient (Wildman–Crippen LogP) is 5.84. The Bertz CT molecular complexity index is 1750. The van der Waals surface area contributed by atoms with Gasteiger partial charge in [-0.3, -0.25) is 0 Å². The number of ether oxygens (including phenoxy) is 1. The average molecular weight is 563 g/mol. The number of anilines is 2. The molecular weight excluding hydrogens is 533 g/mol. The fourth-order valence-corrected chi connectivity index (χ4v) is 5.68. The van der Waals surface area contributed by atoms with E-state index < -0.39 is 17.6 Å². The largest absolute Gasteiger partial charge is 0.504 e. The molecule has 6 rings (SSSR count). The lowest BCUT2D eigenvalue weighted by atomic mass is 9.98. The van der Waals surface area contributed by atoms with Crippen molar-refractivity contribution in [3.63, 3.8) is 0 Å². The second-order valence-electron chi connectivity index (χ2n) is 10.4. The van der Waals surface area contributed by atoms with E-state index in [1.54, 1.807) is 0 Å². The predicted molar refractivity (Wildman–Crippen MR) is 150 cm³/mol. The average Bonchev–Trinajstić information content (AvgIpc) is 3.58. The van der Waals surface area contributed by atoms with Gasteiger partial charge in [-0.05, 0) is 53.8 Å². The van der Waals surface area contributed by atoms with Gasteiger partial charge in [-0.25, -0.2) is 14.4 Å². The molecule has 1 saturated heterocycles. The van der Waals surface area contributed by atoms with Crippen LogP contribution in [0.3, 0.4) is 0 Å². The zero-order chi connectivity index (χ0) is 28.9. The molecule has 212 valence electrons. The maximum Gasteiger partial charge on any atom is 0.395 e. The molecule has 11 heteroatoms. The topological polar surface area (TPSA) is 102 Å². The van der Waals surface area contributed by atoms with Crippen LogP contribution in [0.5, 0.6) is 11.5 Å². The first-order valence-electron chi connectivity index (χ1n) is 13.5. The number of nitrogens with two attached hydrogens (primary N) is 1. The van der Waals surface area contributed by atoms with Gasteiger partial charge in [-0.1, -0.05) is 37.3 Å². The molecule has 3 heterocycles. The Morgan fingerprint density at radius 1 is 1.07 bits per heavy atom. The number of para-hydroxylation sites is 1. The molecule has 5 aromatic rings. The Morgan fingerprint density at radius 2 is 1.83 bits per heavy atom. The molecule has 0 bridgehead atoms. The van der Waals surface area contributed by atoms with E-state index in [0.717, 1.165) is 42.7 Å². The van der Waals surface area contributed by atoms with Gasteiger partial charge in [0, 0.05) is 43.4 Å². The van der Waals surface area contributed by atoms with Gasteiger partial charge in [0.25, 0.3) is 0 Å². The molecule has 1 unspecified atom stereocenters. The van der Waals surface area contributed by atoms with E-state index in [0.29, 0.717) is 36.1 Å². The Hall–Kier alpha value is -4.54. The summed E-state index contributed by atoms with van der Waals surface area (Å²) in [5, 5.41) is 15.2. The summed E-state index contributed by atoms with van der Waals surface area (Å²) in [5.41, 5.74) is 11.0. The summed E-state index contributed by atoms with van der Waals surface area (Å²) in [6.07, 6.45) is -1.34. The number of halogens is 3. The zero-order valence-electron chi connectivity index (χ0n) is 22.6. The van der Waals surface area contributed by atoms with E-state index in [9.17, 15) is 18.3 Å². The molecule has 1 atom stereocenters. The van der Waals surface area contributed by atoms with E-state index >= 15 is 0 Å². The smallest absolute Gasteiger partial charge is 0.395 e. The molecule has 0 aliphatic carbocycles. The quantitative estimate of drug-likeness (QED) is 0.257. The number of phenols is 1. The lowest BCUT2D eigenvalue weighted by molar-refractivity contribution is -0.159. The zero-order valence-corrected chi connectivity index (χ0v) is 22.6. The lowest BCUT2D eigenvalue weighted by Gasteiger charge is -2.25. The number of fused-ring (bicyclic) bond motifs is 3. The van der Waals surface area contributed by atoms with Gasteiger partial charge in [-0.2, -0.15) is 13.3 Å². The van der Waals surface area contributed by atoms with Gasteiger partial charge in [0.1, 0.15) is 11.3 Å². The summed E-state index contributed by atoms with van der Waals surface area (Å²) >= 11 is 0. The van der Waals surface area contributed by atoms with Crippen molar-refractivity contribution in [2.75, 3.05) is 23.7 Å². The third-order valence-corrected chi connectivity index (χ3v) is 7.51. The molecule has 1 fully saturated rings. The minimum absolute atomic E-state index is 0.0342. The maximum absolute atomic E-state index is 13.7. The molecule has 0 saturated carbocycles. The summed E-state index contributed by atoms with van der Waals surface area (Å²) in [5.74, 6) is -0.509. The van der Waals surface area contributed by atoms with Gasteiger partial charge in [-0.15, -0.1) is 5.10 Å². The van der Waals surface area contributed by atoms with Crippen molar-refractivity contribution in [3.8, 4) is 11.5 Å². The van der Waals surface area contributed by atoms with Crippen LogP contribution in [-0.2, 0) is 12.8 Å². The molecule has 3 aromatic carbocycles. The number of alkyl halides is 2. The fourth-order valence-electron chi connectivity index (χ4n) is 5.68. The van der Waals surface area contributed by atoms with Crippen LogP contribution < -0.4 is 15.4 Å². The van der Waals surface area contributed by atoms with Crippen LogP contribution >= 0.6 is 0 Å². The summed E-state index contributed by atoms with van der Waals surface area (Å²) in [7, 11) is 0. The van der Waals surface area contributed by atoms with Crippen molar-refractivity contribution in [1.29, 1.82) is 0 Å². The molecule has 0 radical (unpaired) electrons. The molecular formula is C30H29F3N6O2. The third kappa shape index (κ3) is 5.07. The lowest BCUT2D eigenvalue weighted by Crippen LogP contribution is -2.22. The van der Waals surface area contributed by atoms with E-state index in [1.165, 1.54) is 34.3 Å². The van der Waals surface area contributed by atoms with Gasteiger partial charge < -0.3 is 20.5 Å². The minimum Gasteiger partial charge on any atom is -0.504 e. The number of rotatable bonds is 7. The molecule has 0 amide bonds. The first-order valence-corrected chi connectivity index (χ1v) is 13.5. The van der Waals surface area contributed by atoms with Gasteiger partial charge in [0.15, 0.2) is 23.0 Å². The monoisotopic (exact) mass is 562 g/mol. The number of phenolic OH excluding ortho intramolecular Hbond substituents is 1. The van der Waals surface area contributed by atoms with Crippen LogP contribution in [0.15, 0.2) is 54.6 Å².